The van der Waals surface area contributed by atoms with E-state index in [1.165, 1.54) is 23.5 Å². The van der Waals surface area contributed by atoms with Crippen molar-refractivity contribution in [3.63, 3.8) is 0 Å². The minimum atomic E-state index is -3.70. The van der Waals surface area contributed by atoms with Crippen LogP contribution in [0.2, 0.25) is 0 Å². The number of hydrogen-bond acceptors (Lipinski definition) is 6. The summed E-state index contributed by atoms with van der Waals surface area (Å²) in [5, 5.41) is 10.9. The van der Waals surface area contributed by atoms with Crippen molar-refractivity contribution in [1.29, 1.82) is 0 Å². The number of nitrogens with two attached hydrogens (primary N) is 1. The van der Waals surface area contributed by atoms with Gasteiger partial charge in [-0.05, 0) is 25.0 Å². The van der Waals surface area contributed by atoms with Gasteiger partial charge in [0.2, 0.25) is 10.0 Å². The first-order valence-electron chi connectivity index (χ1n) is 5.61. The number of nitrogens with zero attached hydrogens (tertiary/aromatic N) is 2. The van der Waals surface area contributed by atoms with Crippen LogP contribution in [0.4, 0.5) is 11.4 Å². The summed E-state index contributed by atoms with van der Waals surface area (Å²) in [4.78, 5) is 10.1. The first-order chi connectivity index (χ1) is 8.87. The third-order valence-corrected chi connectivity index (χ3v) is 4.97. The summed E-state index contributed by atoms with van der Waals surface area (Å²) in [6.45, 7) is 0. The number of nitro groups is 1. The number of sulfonamides is 1. The number of nitrogen functional groups attached to an aromatic ring is 1. The van der Waals surface area contributed by atoms with E-state index < -0.39 is 14.9 Å². The fourth-order valence-corrected chi connectivity index (χ4v) is 3.18. The van der Waals surface area contributed by atoms with E-state index in [0.29, 0.717) is 0 Å². The average molecular weight is 286 g/mol. The number of nitrogens with one attached hydrogen (secondary N) is 1. The zero-order chi connectivity index (χ0) is 14.2. The van der Waals surface area contributed by atoms with E-state index >= 15 is 0 Å². The summed E-state index contributed by atoms with van der Waals surface area (Å²) in [5.74, 6) is 5.15. The Balaban J connectivity index is 2.45. The Morgan fingerprint density at radius 1 is 1.47 bits per heavy atom. The summed E-state index contributed by atoms with van der Waals surface area (Å²) in [6.07, 6.45) is 1.64. The molecule has 0 radical (unpaired) electrons. The molecule has 0 unspecified atom stereocenters. The van der Waals surface area contributed by atoms with Gasteiger partial charge in [0.05, 0.1) is 9.82 Å². The topological polar surface area (TPSA) is 119 Å². The molecular formula is C10H14N4O4S. The highest BCUT2D eigenvalue weighted by molar-refractivity contribution is 7.89. The van der Waals surface area contributed by atoms with Gasteiger partial charge in [-0.1, -0.05) is 0 Å². The predicted octanol–water partition coefficient (Wildman–Crippen LogP) is 0.663. The lowest BCUT2D eigenvalue weighted by molar-refractivity contribution is -0.384. The number of hydrazine groups is 1. The monoisotopic (exact) mass is 286 g/mol. The minimum Gasteiger partial charge on any atom is -0.318 e. The second-order valence-electron chi connectivity index (χ2n) is 4.33. The van der Waals surface area contributed by atoms with Gasteiger partial charge in [0, 0.05) is 19.2 Å². The van der Waals surface area contributed by atoms with E-state index in [9.17, 15) is 18.5 Å². The molecule has 8 nitrogen and oxygen atoms in total. The van der Waals surface area contributed by atoms with Crippen molar-refractivity contribution >= 4 is 21.4 Å². The normalized spacial score (nSPS) is 15.5. The van der Waals surface area contributed by atoms with E-state index in [-0.39, 0.29) is 22.3 Å². The van der Waals surface area contributed by atoms with Crippen LogP contribution < -0.4 is 11.3 Å². The largest absolute Gasteiger partial charge is 0.318 e. The molecule has 1 saturated carbocycles. The fourth-order valence-electron chi connectivity index (χ4n) is 1.75. The number of anilines is 1. The first-order valence-corrected chi connectivity index (χ1v) is 7.05. The number of nitro benzene ring substituents is 1. The van der Waals surface area contributed by atoms with Crippen LogP contribution in [-0.4, -0.2) is 30.7 Å². The zero-order valence-electron chi connectivity index (χ0n) is 10.2. The Hall–Kier alpha value is -1.71. The highest BCUT2D eigenvalue weighted by Gasteiger charge is 2.35. The van der Waals surface area contributed by atoms with E-state index in [0.717, 1.165) is 18.9 Å². The van der Waals surface area contributed by atoms with Crippen LogP contribution in [0.5, 0.6) is 0 Å². The van der Waals surface area contributed by atoms with Crippen LogP contribution in [-0.2, 0) is 10.0 Å². The molecule has 9 heteroatoms. The molecule has 1 aliphatic rings. The maximum Gasteiger partial charge on any atom is 0.294 e. The molecule has 1 fully saturated rings. The molecule has 0 amide bonds. The third-order valence-electron chi connectivity index (χ3n) is 3.06. The zero-order valence-corrected chi connectivity index (χ0v) is 11.1. The van der Waals surface area contributed by atoms with Crippen LogP contribution in [0.1, 0.15) is 12.8 Å². The van der Waals surface area contributed by atoms with E-state index in [1.54, 1.807) is 0 Å². The second-order valence-corrected chi connectivity index (χ2v) is 6.33. The van der Waals surface area contributed by atoms with Crippen molar-refractivity contribution in [2.75, 3.05) is 12.5 Å². The number of benzene rings is 1. The SMILES string of the molecule is CN(C1CC1)S(=O)(=O)c1ccc(NN)c([N+](=O)[O-])c1. The van der Waals surface area contributed by atoms with Gasteiger partial charge in [-0.3, -0.25) is 16.0 Å². The Kier molecular flexibility index (Phi) is 3.43. The molecule has 1 aliphatic carbocycles. The lowest BCUT2D eigenvalue weighted by atomic mass is 10.3. The highest BCUT2D eigenvalue weighted by Crippen LogP contribution is 2.33. The molecule has 2 rings (SSSR count). The van der Waals surface area contributed by atoms with Gasteiger partial charge in [0.15, 0.2) is 0 Å². The third kappa shape index (κ3) is 2.53. The molecule has 0 bridgehead atoms. The minimum absolute atomic E-state index is 0.00336. The highest BCUT2D eigenvalue weighted by atomic mass is 32.2. The van der Waals surface area contributed by atoms with E-state index in [2.05, 4.69) is 5.43 Å². The Morgan fingerprint density at radius 2 is 2.11 bits per heavy atom. The van der Waals surface area contributed by atoms with Gasteiger partial charge in [-0.15, -0.1) is 0 Å². The average Bonchev–Trinajstić information content (AvgIpc) is 3.21. The molecule has 0 saturated heterocycles. The molecule has 3 N–H and O–H groups in total. The van der Waals surface area contributed by atoms with Gasteiger partial charge in [-0.2, -0.15) is 4.31 Å². The summed E-state index contributed by atoms with van der Waals surface area (Å²) < 4.78 is 25.7. The van der Waals surface area contributed by atoms with E-state index in [4.69, 9.17) is 5.84 Å². The molecule has 0 atom stereocenters. The van der Waals surface area contributed by atoms with Crippen LogP contribution in [0.25, 0.3) is 0 Å². The molecule has 19 heavy (non-hydrogen) atoms. The fraction of sp³-hybridized carbons (Fsp3) is 0.400. The molecule has 1 aromatic carbocycles. The van der Waals surface area contributed by atoms with Crippen molar-refractivity contribution in [2.24, 2.45) is 5.84 Å². The van der Waals surface area contributed by atoms with Crippen LogP contribution in [0.15, 0.2) is 23.1 Å². The summed E-state index contributed by atoms with van der Waals surface area (Å²) in [5.41, 5.74) is 1.87. The van der Waals surface area contributed by atoms with Crippen molar-refractivity contribution in [3.8, 4) is 0 Å². The smallest absolute Gasteiger partial charge is 0.294 e. The maximum absolute atomic E-state index is 12.2. The lowest BCUT2D eigenvalue weighted by Gasteiger charge is -2.16. The van der Waals surface area contributed by atoms with E-state index in [1.807, 2.05) is 0 Å². The number of hydrogen-bond donors (Lipinski definition) is 2. The maximum atomic E-state index is 12.2. The molecule has 0 aliphatic heterocycles. The van der Waals surface area contributed by atoms with Gasteiger partial charge >= 0.3 is 0 Å². The molecule has 0 heterocycles. The molecule has 0 spiro atoms. The quantitative estimate of drug-likeness (QED) is 0.466. The first kappa shape index (κ1) is 13.7. The van der Waals surface area contributed by atoms with Crippen LogP contribution in [0, 0.1) is 10.1 Å². The predicted molar refractivity (Wildman–Crippen MR) is 68.9 cm³/mol. The summed E-state index contributed by atoms with van der Waals surface area (Å²) >= 11 is 0. The molecule has 104 valence electrons. The van der Waals surface area contributed by atoms with Crippen molar-refractivity contribution in [1.82, 2.24) is 4.31 Å². The van der Waals surface area contributed by atoms with Gasteiger partial charge in [-0.25, -0.2) is 8.42 Å². The van der Waals surface area contributed by atoms with Crippen molar-refractivity contribution in [2.45, 2.75) is 23.8 Å². The van der Waals surface area contributed by atoms with Gasteiger partial charge in [0.25, 0.3) is 5.69 Å². The van der Waals surface area contributed by atoms with Gasteiger partial charge in [0.1, 0.15) is 5.69 Å². The van der Waals surface area contributed by atoms with Crippen molar-refractivity contribution in [3.05, 3.63) is 28.3 Å². The lowest BCUT2D eigenvalue weighted by Crippen LogP contribution is -2.29. The van der Waals surface area contributed by atoms with Crippen LogP contribution in [0.3, 0.4) is 0 Å². The number of rotatable bonds is 5. The van der Waals surface area contributed by atoms with Crippen molar-refractivity contribution < 1.29 is 13.3 Å². The molecular weight excluding hydrogens is 272 g/mol. The molecule has 1 aromatic rings. The Morgan fingerprint density at radius 3 is 2.58 bits per heavy atom. The standard InChI is InChI=1S/C10H14N4O4S/c1-13(7-2-3-7)19(17,18)8-4-5-9(12-11)10(6-8)14(15)16/h4-7,12H,2-3,11H2,1H3. The second kappa shape index (κ2) is 4.76. The summed E-state index contributed by atoms with van der Waals surface area (Å²) in [6, 6.07) is 3.60. The van der Waals surface area contributed by atoms with Crippen LogP contribution >= 0.6 is 0 Å². The Bertz CT molecular complexity index is 612. The summed E-state index contributed by atoms with van der Waals surface area (Å²) in [7, 11) is -2.22. The molecule has 0 aromatic heterocycles. The van der Waals surface area contributed by atoms with Gasteiger partial charge < -0.3 is 5.43 Å². The Labute approximate surface area is 110 Å².